The van der Waals surface area contributed by atoms with Crippen molar-refractivity contribution in [3.63, 3.8) is 0 Å². The van der Waals surface area contributed by atoms with Gasteiger partial charge in [-0.2, -0.15) is 0 Å². The van der Waals surface area contributed by atoms with Crippen molar-refractivity contribution in [1.82, 2.24) is 19.1 Å². The first-order valence-corrected chi connectivity index (χ1v) is 8.91. The third kappa shape index (κ3) is 2.68. The van der Waals surface area contributed by atoms with Crippen LogP contribution in [-0.2, 0) is 40.7 Å². The minimum Gasteiger partial charge on any atom is -0.497 e. The number of nitrogens with one attached hydrogen (secondary N) is 1. The molecule has 0 fully saturated rings. The van der Waals surface area contributed by atoms with E-state index < -0.39 is 0 Å². The van der Waals surface area contributed by atoms with E-state index in [1.54, 1.807) is 6.20 Å². The first-order valence-electron chi connectivity index (χ1n) is 8.91. The fraction of sp³-hybridized carbons (Fsp3) is 0.143. The molecule has 0 saturated carbocycles. The third-order valence-electron chi connectivity index (χ3n) is 5.08. The summed E-state index contributed by atoms with van der Waals surface area (Å²) in [6.45, 7) is 1.66. The van der Waals surface area contributed by atoms with E-state index in [0.717, 1.165) is 41.4 Å². The van der Waals surface area contributed by atoms with Gasteiger partial charge in [0.25, 0.3) is 0 Å². The second kappa shape index (κ2) is 6.64. The Balaban J connectivity index is 0.00000171. The van der Waals surface area contributed by atoms with Gasteiger partial charge in [-0.1, -0.05) is 23.8 Å². The Morgan fingerprint density at radius 2 is 1.61 bits per heavy atom. The number of fused-ring (bicyclic) bond motifs is 6. The maximum Gasteiger partial charge on any atom is 2.00 e. The summed E-state index contributed by atoms with van der Waals surface area (Å²) in [7, 11) is 0. The molecular weight excluding hydrogens is 533 g/mol. The quantitative estimate of drug-likeness (QED) is 0.388. The minimum atomic E-state index is 0. The van der Waals surface area contributed by atoms with E-state index in [2.05, 4.69) is 38.1 Å². The molecule has 0 saturated heterocycles. The summed E-state index contributed by atoms with van der Waals surface area (Å²) in [5.74, 6) is 3.14. The normalized spacial score (nSPS) is 13.3. The summed E-state index contributed by atoms with van der Waals surface area (Å²) in [6.07, 6.45) is 8.57. The van der Waals surface area contributed by atoms with Gasteiger partial charge in [-0.05, 0) is 12.1 Å². The van der Waals surface area contributed by atoms with Crippen LogP contribution in [0.1, 0.15) is 5.56 Å². The van der Waals surface area contributed by atoms with Gasteiger partial charge in [0, 0.05) is 42.8 Å². The van der Waals surface area contributed by atoms with Crippen molar-refractivity contribution in [2.75, 3.05) is 5.32 Å². The number of hydrogen-bond donors (Lipinski definition) is 1. The molecule has 140 valence electrons. The second-order valence-corrected chi connectivity index (χ2v) is 6.69. The molecule has 2 aromatic carbocycles. The van der Waals surface area contributed by atoms with Crippen molar-refractivity contribution >= 4 is 5.69 Å². The number of nitrogens with zero attached hydrogens (tertiary/aromatic N) is 4. The number of anilines is 1. The zero-order valence-electron chi connectivity index (χ0n) is 14.8. The minimum absolute atomic E-state index is 0. The average Bonchev–Trinajstić information content (AvgIpc) is 3.37. The summed E-state index contributed by atoms with van der Waals surface area (Å²) < 4.78 is 10.3. The summed E-state index contributed by atoms with van der Waals surface area (Å²) >= 11 is 0. The Hall–Kier alpha value is -2.85. The Morgan fingerprint density at radius 1 is 0.893 bits per heavy atom. The predicted octanol–water partition coefficient (Wildman–Crippen LogP) is 3.74. The van der Waals surface area contributed by atoms with Crippen LogP contribution < -0.4 is 10.1 Å². The second-order valence-electron chi connectivity index (χ2n) is 6.69. The Morgan fingerprint density at radius 3 is 2.46 bits per heavy atom. The van der Waals surface area contributed by atoms with Crippen LogP contribution >= 0.6 is 0 Å². The zero-order valence-corrected chi connectivity index (χ0v) is 17.0. The van der Waals surface area contributed by atoms with Gasteiger partial charge < -0.3 is 19.2 Å². The monoisotopic (exact) mass is 548 g/mol. The Kier molecular flexibility index (Phi) is 4.09. The van der Waals surface area contributed by atoms with Gasteiger partial charge in [0.1, 0.15) is 0 Å². The smallest absolute Gasteiger partial charge is 0.497 e. The van der Waals surface area contributed by atoms with Crippen LogP contribution in [0.15, 0.2) is 49.1 Å². The standard InChI is InChI=1S/C21H15N5O.Pt/c1-2-15(11-17-14(1)5-8-25-9-6-22-20(17)25)27-16-3-4-19-18(12-16)21-23-7-10-26(21)13-24-19;/h1-4,6-7,9-10,24H,5,8,13H2;/q-2;+2. The largest absolute Gasteiger partial charge is 2.00 e. The van der Waals surface area contributed by atoms with Gasteiger partial charge >= 0.3 is 21.1 Å². The van der Waals surface area contributed by atoms with Crippen molar-refractivity contribution < 1.29 is 25.8 Å². The number of aryl methyl sites for hydroxylation is 2. The molecule has 0 radical (unpaired) electrons. The average molecular weight is 548 g/mol. The molecule has 2 aromatic heterocycles. The fourth-order valence-electron chi connectivity index (χ4n) is 3.74. The first kappa shape index (κ1) is 17.3. The van der Waals surface area contributed by atoms with Crippen LogP contribution in [-0.4, -0.2) is 19.1 Å². The van der Waals surface area contributed by atoms with Crippen LogP contribution in [0.25, 0.3) is 22.8 Å². The Labute approximate surface area is 176 Å². The van der Waals surface area contributed by atoms with Gasteiger partial charge in [-0.25, -0.2) is 0 Å². The summed E-state index contributed by atoms with van der Waals surface area (Å²) in [5, 5.41) is 3.36. The molecule has 2 aliphatic rings. The molecule has 0 spiro atoms. The SMILES string of the molecule is [Pt+2].[c-]1c(Oc2[c-]c3c(cc2)NCn2ccnc2-3)ccc2c1-c1nccn1CC2. The van der Waals surface area contributed by atoms with Gasteiger partial charge in [0.05, 0.1) is 18.3 Å². The molecule has 2 aliphatic heterocycles. The summed E-state index contributed by atoms with van der Waals surface area (Å²) in [6, 6.07) is 14.7. The maximum absolute atomic E-state index is 6.08. The van der Waals surface area contributed by atoms with Crippen molar-refractivity contribution in [2.24, 2.45) is 0 Å². The molecule has 0 bridgehead atoms. The molecule has 7 heteroatoms. The van der Waals surface area contributed by atoms with E-state index in [9.17, 15) is 0 Å². The molecule has 4 heterocycles. The topological polar surface area (TPSA) is 56.9 Å². The van der Waals surface area contributed by atoms with Crippen molar-refractivity contribution in [1.29, 1.82) is 0 Å². The van der Waals surface area contributed by atoms with Gasteiger partial charge in [-0.15, -0.1) is 29.3 Å². The number of benzene rings is 2. The van der Waals surface area contributed by atoms with E-state index in [4.69, 9.17) is 4.74 Å². The number of imidazole rings is 2. The molecule has 4 aromatic rings. The molecule has 0 atom stereocenters. The van der Waals surface area contributed by atoms with E-state index in [0.29, 0.717) is 18.2 Å². The van der Waals surface area contributed by atoms with Gasteiger partial charge in [0.15, 0.2) is 0 Å². The summed E-state index contributed by atoms with van der Waals surface area (Å²) in [5.41, 5.74) is 4.19. The number of ether oxygens (including phenoxy) is 1. The van der Waals surface area contributed by atoms with E-state index in [-0.39, 0.29) is 21.1 Å². The molecule has 28 heavy (non-hydrogen) atoms. The van der Waals surface area contributed by atoms with Crippen molar-refractivity contribution in [3.8, 4) is 34.3 Å². The van der Waals surface area contributed by atoms with Gasteiger partial charge in [-0.3, -0.25) is 9.97 Å². The maximum atomic E-state index is 6.08. The third-order valence-corrected chi connectivity index (χ3v) is 5.08. The van der Waals surface area contributed by atoms with Crippen LogP contribution in [0.5, 0.6) is 11.5 Å². The van der Waals surface area contributed by atoms with E-state index in [1.165, 1.54) is 5.56 Å². The van der Waals surface area contributed by atoms with Crippen LogP contribution in [0.3, 0.4) is 0 Å². The zero-order chi connectivity index (χ0) is 17.8. The molecule has 6 nitrogen and oxygen atoms in total. The molecule has 0 unspecified atom stereocenters. The molecule has 1 N–H and O–H groups in total. The molecule has 6 rings (SSSR count). The van der Waals surface area contributed by atoms with Crippen LogP contribution in [0.2, 0.25) is 0 Å². The fourth-order valence-corrected chi connectivity index (χ4v) is 3.74. The number of rotatable bonds is 2. The predicted molar refractivity (Wildman–Crippen MR) is 100 cm³/mol. The molecule has 0 amide bonds. The van der Waals surface area contributed by atoms with Crippen molar-refractivity contribution in [3.05, 3.63) is 66.7 Å². The first-order chi connectivity index (χ1) is 13.3. The van der Waals surface area contributed by atoms with Crippen LogP contribution in [0, 0.1) is 12.1 Å². The Bertz CT molecular complexity index is 1090. The molecule has 0 aliphatic carbocycles. The molecular formula is C21H15N5OPt. The van der Waals surface area contributed by atoms with E-state index in [1.807, 2.05) is 41.4 Å². The van der Waals surface area contributed by atoms with Crippen LogP contribution in [0.4, 0.5) is 5.69 Å². The van der Waals surface area contributed by atoms with Gasteiger partial charge in [0.2, 0.25) is 0 Å². The number of hydrogen-bond acceptors (Lipinski definition) is 4. The van der Waals surface area contributed by atoms with Crippen molar-refractivity contribution in [2.45, 2.75) is 19.6 Å². The van der Waals surface area contributed by atoms with E-state index >= 15 is 0 Å². The summed E-state index contributed by atoms with van der Waals surface area (Å²) in [4.78, 5) is 8.91. The number of aromatic nitrogens is 4.